The van der Waals surface area contributed by atoms with E-state index in [0.29, 0.717) is 10.9 Å². The molecule has 0 saturated carbocycles. The van der Waals surface area contributed by atoms with Crippen molar-refractivity contribution in [2.75, 3.05) is 11.5 Å². The number of aromatic amines is 1. The third-order valence-corrected chi connectivity index (χ3v) is 1.46. The Morgan fingerprint density at radius 1 is 1.80 bits per heavy atom. The molecule has 0 fully saturated rings. The van der Waals surface area contributed by atoms with Crippen LogP contribution in [0.2, 0.25) is 0 Å². The van der Waals surface area contributed by atoms with E-state index in [1.165, 1.54) is 11.8 Å². The van der Waals surface area contributed by atoms with Gasteiger partial charge in [-0.25, -0.2) is 5.10 Å². The second kappa shape index (κ2) is 3.08. The molecule has 0 amide bonds. The first-order valence-electron chi connectivity index (χ1n) is 2.50. The molecule has 10 heavy (non-hydrogen) atoms. The van der Waals surface area contributed by atoms with Crippen LogP contribution < -0.4 is 5.73 Å². The lowest BCUT2D eigenvalue weighted by Crippen LogP contribution is -1.85. The Morgan fingerprint density at radius 3 is 3.10 bits per heavy atom. The number of hydrogen-bond donors (Lipinski definition) is 2. The van der Waals surface area contributed by atoms with Crippen molar-refractivity contribution in [3.8, 4) is 6.07 Å². The van der Waals surface area contributed by atoms with E-state index in [4.69, 9.17) is 11.0 Å². The number of anilines is 1. The second-order valence-electron chi connectivity index (χ2n) is 1.45. The number of nitrogens with two attached hydrogens (primary N) is 1. The largest absolute Gasteiger partial charge is 0.368 e. The summed E-state index contributed by atoms with van der Waals surface area (Å²) < 4.78 is 0. The van der Waals surface area contributed by atoms with Crippen molar-refractivity contribution in [3.05, 3.63) is 0 Å². The number of nitrogens with one attached hydrogen (secondary N) is 1. The van der Waals surface area contributed by atoms with Gasteiger partial charge in [-0.2, -0.15) is 10.2 Å². The number of nitriles is 1. The maximum absolute atomic E-state index is 8.17. The Morgan fingerprint density at radius 2 is 2.60 bits per heavy atom. The lowest BCUT2D eigenvalue weighted by Gasteiger charge is -1.81. The molecule has 1 heterocycles. The molecule has 1 aromatic heterocycles. The van der Waals surface area contributed by atoms with E-state index >= 15 is 0 Å². The Kier molecular flexibility index (Phi) is 2.12. The van der Waals surface area contributed by atoms with Crippen LogP contribution in [0.3, 0.4) is 0 Å². The molecule has 3 N–H and O–H groups in total. The zero-order valence-corrected chi connectivity index (χ0v) is 5.85. The maximum atomic E-state index is 8.17. The summed E-state index contributed by atoms with van der Waals surface area (Å²) in [4.78, 5) is 3.77. The summed E-state index contributed by atoms with van der Waals surface area (Å²) in [6.45, 7) is 0. The first-order valence-corrected chi connectivity index (χ1v) is 3.49. The molecule has 1 aromatic rings. The molecule has 0 aliphatic rings. The molecule has 0 aliphatic heterocycles. The van der Waals surface area contributed by atoms with E-state index in [-0.39, 0.29) is 5.95 Å². The fraction of sp³-hybridized carbons (Fsp3) is 0.250. The highest BCUT2D eigenvalue weighted by molar-refractivity contribution is 7.99. The fourth-order valence-electron chi connectivity index (χ4n) is 0.420. The third kappa shape index (κ3) is 1.63. The predicted molar refractivity (Wildman–Crippen MR) is 37.1 cm³/mol. The maximum Gasteiger partial charge on any atom is 0.216 e. The number of H-pyrrole nitrogens is 1. The summed E-state index contributed by atoms with van der Waals surface area (Å²) in [6, 6.07) is 1.95. The van der Waals surface area contributed by atoms with Gasteiger partial charge in [-0.1, -0.05) is 11.8 Å². The zero-order chi connectivity index (χ0) is 7.40. The molecular formula is C4H5N5S. The van der Waals surface area contributed by atoms with E-state index in [1.807, 2.05) is 6.07 Å². The molecule has 0 bridgehead atoms. The molecular weight excluding hydrogens is 150 g/mol. The van der Waals surface area contributed by atoms with Gasteiger partial charge in [-0.05, 0) is 0 Å². The Balaban J connectivity index is 2.52. The molecule has 0 unspecified atom stereocenters. The zero-order valence-electron chi connectivity index (χ0n) is 5.03. The van der Waals surface area contributed by atoms with Gasteiger partial charge in [0.25, 0.3) is 0 Å². The average molecular weight is 155 g/mol. The van der Waals surface area contributed by atoms with Crippen molar-refractivity contribution in [2.24, 2.45) is 0 Å². The summed E-state index contributed by atoms with van der Waals surface area (Å²) in [5.41, 5.74) is 5.22. The van der Waals surface area contributed by atoms with Crippen LogP contribution >= 0.6 is 11.8 Å². The number of rotatable bonds is 2. The van der Waals surface area contributed by atoms with Gasteiger partial charge in [-0.15, -0.1) is 5.10 Å². The average Bonchev–Trinajstić information content (AvgIpc) is 2.31. The van der Waals surface area contributed by atoms with Crippen molar-refractivity contribution < 1.29 is 0 Å². The first kappa shape index (κ1) is 6.89. The van der Waals surface area contributed by atoms with Crippen LogP contribution in [0.1, 0.15) is 0 Å². The van der Waals surface area contributed by atoms with E-state index < -0.39 is 0 Å². The molecule has 5 nitrogen and oxygen atoms in total. The summed E-state index contributed by atoms with van der Waals surface area (Å²) in [5, 5.41) is 14.8. The molecule has 0 aliphatic carbocycles. The van der Waals surface area contributed by atoms with E-state index in [9.17, 15) is 0 Å². The number of nitrogen functional groups attached to an aromatic ring is 1. The monoisotopic (exact) mass is 155 g/mol. The minimum Gasteiger partial charge on any atom is -0.368 e. The quantitative estimate of drug-likeness (QED) is 0.586. The molecule has 1 rings (SSSR count). The van der Waals surface area contributed by atoms with Crippen molar-refractivity contribution in [3.63, 3.8) is 0 Å². The lowest BCUT2D eigenvalue weighted by atomic mass is 10.9. The van der Waals surface area contributed by atoms with Gasteiger partial charge in [0.15, 0.2) is 0 Å². The number of hydrogen-bond acceptors (Lipinski definition) is 5. The van der Waals surface area contributed by atoms with Gasteiger partial charge in [0.2, 0.25) is 11.1 Å². The smallest absolute Gasteiger partial charge is 0.216 e. The van der Waals surface area contributed by atoms with Crippen molar-refractivity contribution in [2.45, 2.75) is 5.16 Å². The number of thioether (sulfide) groups is 1. The normalized spacial score (nSPS) is 9.10. The third-order valence-electron chi connectivity index (χ3n) is 0.748. The Labute approximate surface area is 61.6 Å². The molecule has 0 atom stereocenters. The highest BCUT2D eigenvalue weighted by atomic mass is 32.2. The number of aromatic nitrogens is 3. The Hall–Kier alpha value is -1.22. The van der Waals surface area contributed by atoms with Gasteiger partial charge in [0.1, 0.15) is 0 Å². The van der Waals surface area contributed by atoms with Crippen molar-refractivity contribution >= 4 is 17.7 Å². The van der Waals surface area contributed by atoms with Crippen LogP contribution in [0.15, 0.2) is 5.16 Å². The lowest BCUT2D eigenvalue weighted by molar-refractivity contribution is 0.975. The van der Waals surface area contributed by atoms with Crippen LogP contribution in [-0.4, -0.2) is 20.9 Å². The predicted octanol–water partition coefficient (Wildman–Crippen LogP) is 0.00258. The highest BCUT2D eigenvalue weighted by Crippen LogP contribution is 2.10. The molecule has 0 aromatic carbocycles. The van der Waals surface area contributed by atoms with Crippen molar-refractivity contribution in [1.82, 2.24) is 15.2 Å². The van der Waals surface area contributed by atoms with Crippen LogP contribution in [0, 0.1) is 11.3 Å². The van der Waals surface area contributed by atoms with E-state index in [0.717, 1.165) is 0 Å². The number of nitrogens with zero attached hydrogens (tertiary/aromatic N) is 3. The minimum atomic E-state index is 0.278. The van der Waals surface area contributed by atoms with Crippen LogP contribution in [0.5, 0.6) is 0 Å². The van der Waals surface area contributed by atoms with Crippen LogP contribution in [0.25, 0.3) is 0 Å². The molecule has 0 saturated heterocycles. The first-order chi connectivity index (χ1) is 4.83. The Bertz CT molecular complexity index is 248. The minimum absolute atomic E-state index is 0.278. The second-order valence-corrected chi connectivity index (χ2v) is 2.39. The standard InChI is InChI=1S/C4H5N5S/c5-1-2-10-4-7-3(6)8-9-4/h2H2,(H3,6,7,8,9). The summed E-state index contributed by atoms with van der Waals surface area (Å²) in [7, 11) is 0. The van der Waals surface area contributed by atoms with Gasteiger partial charge in [0, 0.05) is 0 Å². The van der Waals surface area contributed by atoms with Gasteiger partial charge < -0.3 is 5.73 Å². The molecule has 0 spiro atoms. The highest BCUT2D eigenvalue weighted by Gasteiger charge is 1.97. The van der Waals surface area contributed by atoms with Gasteiger partial charge in [-0.3, -0.25) is 0 Å². The topological polar surface area (TPSA) is 91.4 Å². The van der Waals surface area contributed by atoms with Crippen LogP contribution in [0.4, 0.5) is 5.95 Å². The summed E-state index contributed by atoms with van der Waals surface area (Å²) in [6.07, 6.45) is 0. The van der Waals surface area contributed by atoms with E-state index in [2.05, 4.69) is 15.2 Å². The molecule has 52 valence electrons. The summed E-state index contributed by atoms with van der Waals surface area (Å²) >= 11 is 1.25. The van der Waals surface area contributed by atoms with Crippen molar-refractivity contribution in [1.29, 1.82) is 5.26 Å². The SMILES string of the molecule is N#CCSc1n[nH]c(N)n1. The van der Waals surface area contributed by atoms with Crippen LogP contribution in [-0.2, 0) is 0 Å². The van der Waals surface area contributed by atoms with Gasteiger partial charge >= 0.3 is 0 Å². The fourth-order valence-corrected chi connectivity index (χ4v) is 0.886. The van der Waals surface area contributed by atoms with E-state index in [1.54, 1.807) is 0 Å². The molecule has 6 heteroatoms. The van der Waals surface area contributed by atoms with Gasteiger partial charge in [0.05, 0.1) is 11.8 Å². The summed E-state index contributed by atoms with van der Waals surface area (Å²) in [5.74, 6) is 0.623. The molecule has 0 radical (unpaired) electrons.